The van der Waals surface area contributed by atoms with Gasteiger partial charge in [-0.2, -0.15) is 0 Å². The van der Waals surface area contributed by atoms with Gasteiger partial charge >= 0.3 is 0 Å². The molecule has 1 aromatic carbocycles. The van der Waals surface area contributed by atoms with E-state index in [9.17, 15) is 0 Å². The van der Waals surface area contributed by atoms with E-state index in [4.69, 9.17) is 20.6 Å². The lowest BCUT2D eigenvalue weighted by atomic mass is 10.2. The summed E-state index contributed by atoms with van der Waals surface area (Å²) in [5.41, 5.74) is 9.75. The average molecular weight is 364 g/mol. The van der Waals surface area contributed by atoms with Crippen molar-refractivity contribution in [3.05, 3.63) is 53.5 Å². The summed E-state index contributed by atoms with van der Waals surface area (Å²) < 4.78 is 14.7. The second-order valence-electron chi connectivity index (χ2n) is 6.26. The van der Waals surface area contributed by atoms with Crippen LogP contribution in [0.4, 0.5) is 0 Å². The third-order valence-corrected chi connectivity index (χ3v) is 4.56. The van der Waals surface area contributed by atoms with E-state index in [0.29, 0.717) is 17.8 Å². The van der Waals surface area contributed by atoms with Crippen molar-refractivity contribution in [2.75, 3.05) is 14.2 Å². The van der Waals surface area contributed by atoms with E-state index in [1.807, 2.05) is 40.3 Å². The van der Waals surface area contributed by atoms with Crippen molar-refractivity contribution in [1.29, 1.82) is 5.41 Å². The first-order valence-electron chi connectivity index (χ1n) is 8.41. The van der Waals surface area contributed by atoms with Gasteiger partial charge in [-0.15, -0.1) is 0 Å². The average Bonchev–Trinajstić information content (AvgIpc) is 3.18. The van der Waals surface area contributed by atoms with Crippen molar-refractivity contribution < 1.29 is 9.47 Å². The van der Waals surface area contributed by atoms with Crippen LogP contribution in [0.1, 0.15) is 16.8 Å². The van der Waals surface area contributed by atoms with Crippen LogP contribution in [-0.2, 0) is 6.54 Å². The maximum atomic E-state index is 7.91. The first kappa shape index (κ1) is 16.9. The number of nitrogen functional groups attached to an aromatic ring is 1. The van der Waals surface area contributed by atoms with E-state index in [2.05, 4.69) is 9.97 Å². The van der Waals surface area contributed by atoms with Gasteiger partial charge in [0, 0.05) is 29.6 Å². The van der Waals surface area contributed by atoms with Crippen LogP contribution >= 0.6 is 0 Å². The zero-order valence-corrected chi connectivity index (χ0v) is 15.4. The molecule has 0 saturated carbocycles. The zero-order chi connectivity index (χ0) is 19.1. The van der Waals surface area contributed by atoms with Gasteiger partial charge in [-0.3, -0.25) is 14.4 Å². The van der Waals surface area contributed by atoms with Crippen LogP contribution < -0.4 is 15.2 Å². The first-order valence-corrected chi connectivity index (χ1v) is 8.41. The maximum Gasteiger partial charge on any atom is 0.216 e. The molecule has 0 aliphatic heterocycles. The Balaban J connectivity index is 1.96. The molecule has 0 aliphatic carbocycles. The topological polar surface area (TPSA) is 103 Å². The number of ether oxygens (including phenoxy) is 2. The summed E-state index contributed by atoms with van der Waals surface area (Å²) in [6.45, 7) is 2.44. The number of fused-ring (bicyclic) bond motifs is 3. The minimum Gasteiger partial charge on any atom is -0.497 e. The van der Waals surface area contributed by atoms with Gasteiger partial charge in [0.15, 0.2) is 5.65 Å². The Kier molecular flexibility index (Phi) is 3.95. The summed E-state index contributed by atoms with van der Waals surface area (Å²) in [5, 5.41) is 7.91. The molecular formula is C19H20N6O2. The molecule has 0 bridgehead atoms. The number of nitrogens with two attached hydrogens (primary N) is 1. The molecule has 0 spiro atoms. The number of amidine groups is 1. The summed E-state index contributed by atoms with van der Waals surface area (Å²) in [6, 6.07) is 7.46. The molecule has 0 amide bonds. The van der Waals surface area contributed by atoms with Crippen LogP contribution in [0.3, 0.4) is 0 Å². The van der Waals surface area contributed by atoms with E-state index in [1.165, 1.54) is 0 Å². The Morgan fingerprint density at radius 3 is 2.74 bits per heavy atom. The number of nitrogens with zero attached hydrogens (tertiary/aromatic N) is 4. The number of rotatable bonds is 5. The molecule has 3 aromatic heterocycles. The van der Waals surface area contributed by atoms with Gasteiger partial charge in [0.1, 0.15) is 22.9 Å². The summed E-state index contributed by atoms with van der Waals surface area (Å²) >= 11 is 0. The van der Waals surface area contributed by atoms with Gasteiger partial charge in [-0.05, 0) is 25.1 Å². The molecule has 138 valence electrons. The Morgan fingerprint density at radius 1 is 1.22 bits per heavy atom. The third kappa shape index (κ3) is 2.66. The number of pyridine rings is 1. The Labute approximate surface area is 155 Å². The number of imidazole rings is 2. The van der Waals surface area contributed by atoms with Crippen molar-refractivity contribution in [3.63, 3.8) is 0 Å². The van der Waals surface area contributed by atoms with E-state index in [0.717, 1.165) is 34.1 Å². The van der Waals surface area contributed by atoms with Crippen LogP contribution in [0.15, 0.2) is 36.7 Å². The van der Waals surface area contributed by atoms with Crippen molar-refractivity contribution in [1.82, 2.24) is 18.9 Å². The van der Waals surface area contributed by atoms with Gasteiger partial charge in [-0.25, -0.2) is 9.97 Å². The highest BCUT2D eigenvalue weighted by atomic mass is 16.5. The molecule has 4 aromatic rings. The van der Waals surface area contributed by atoms with E-state index >= 15 is 0 Å². The summed E-state index contributed by atoms with van der Waals surface area (Å²) in [5.74, 6) is 2.18. The second-order valence-corrected chi connectivity index (χ2v) is 6.26. The molecular weight excluding hydrogens is 344 g/mol. The molecule has 0 unspecified atom stereocenters. The van der Waals surface area contributed by atoms with Crippen molar-refractivity contribution >= 4 is 22.8 Å². The number of nitrogens with one attached hydrogen (secondary N) is 1. The Bertz CT molecular complexity index is 1170. The fourth-order valence-electron chi connectivity index (χ4n) is 3.33. The van der Waals surface area contributed by atoms with Crippen LogP contribution in [0.2, 0.25) is 0 Å². The molecule has 0 radical (unpaired) electrons. The van der Waals surface area contributed by atoms with Gasteiger partial charge in [-0.1, -0.05) is 0 Å². The second kappa shape index (κ2) is 6.31. The van der Waals surface area contributed by atoms with Crippen LogP contribution in [0, 0.1) is 12.3 Å². The lowest BCUT2D eigenvalue weighted by Crippen LogP contribution is -2.12. The fraction of sp³-hybridized carbons (Fsp3) is 0.211. The number of benzene rings is 1. The molecule has 0 atom stereocenters. The fourth-order valence-corrected chi connectivity index (χ4v) is 3.33. The molecule has 0 saturated heterocycles. The molecule has 27 heavy (non-hydrogen) atoms. The lowest BCUT2D eigenvalue weighted by molar-refractivity contribution is 0.390. The molecule has 8 nitrogen and oxygen atoms in total. The third-order valence-electron chi connectivity index (χ3n) is 4.56. The van der Waals surface area contributed by atoms with Gasteiger partial charge in [0.25, 0.3) is 0 Å². The van der Waals surface area contributed by atoms with E-state index < -0.39 is 0 Å². The number of aryl methyl sites for hydroxylation is 1. The monoisotopic (exact) mass is 364 g/mol. The number of hydrogen-bond acceptors (Lipinski definition) is 5. The van der Waals surface area contributed by atoms with Crippen molar-refractivity contribution in [2.45, 2.75) is 13.5 Å². The number of aromatic nitrogens is 4. The quantitative estimate of drug-likeness (QED) is 0.418. The van der Waals surface area contributed by atoms with E-state index in [-0.39, 0.29) is 5.84 Å². The van der Waals surface area contributed by atoms with Crippen LogP contribution in [0.5, 0.6) is 11.5 Å². The SMILES string of the molecule is COc1ccc(Cn2c3nccc(C(=N)N)c3n3cc(C)nc23)c(OC)c1. The highest BCUT2D eigenvalue weighted by Gasteiger charge is 2.19. The highest BCUT2D eigenvalue weighted by Crippen LogP contribution is 2.29. The van der Waals surface area contributed by atoms with E-state index in [1.54, 1.807) is 26.5 Å². The Morgan fingerprint density at radius 2 is 2.04 bits per heavy atom. The smallest absolute Gasteiger partial charge is 0.216 e. The Hall–Kier alpha value is -3.55. The predicted molar refractivity (Wildman–Crippen MR) is 103 cm³/mol. The van der Waals surface area contributed by atoms with Gasteiger partial charge in [0.05, 0.1) is 26.5 Å². The predicted octanol–water partition coefficient (Wildman–Crippen LogP) is 2.34. The summed E-state index contributed by atoms with van der Waals surface area (Å²) in [4.78, 5) is 9.18. The van der Waals surface area contributed by atoms with Crippen LogP contribution in [-0.4, -0.2) is 39.0 Å². The molecule has 3 N–H and O–H groups in total. The van der Waals surface area contributed by atoms with Crippen LogP contribution in [0.25, 0.3) is 16.9 Å². The zero-order valence-electron chi connectivity index (χ0n) is 15.4. The van der Waals surface area contributed by atoms with Crippen molar-refractivity contribution in [2.24, 2.45) is 5.73 Å². The molecule has 8 heteroatoms. The summed E-state index contributed by atoms with van der Waals surface area (Å²) in [6.07, 6.45) is 3.58. The maximum absolute atomic E-state index is 7.91. The summed E-state index contributed by atoms with van der Waals surface area (Å²) in [7, 11) is 3.26. The molecule has 0 fully saturated rings. The normalized spacial score (nSPS) is 11.2. The molecule has 4 rings (SSSR count). The van der Waals surface area contributed by atoms with Crippen molar-refractivity contribution in [3.8, 4) is 11.5 Å². The van der Waals surface area contributed by atoms with Gasteiger partial charge < -0.3 is 15.2 Å². The standard InChI is InChI=1S/C19H20N6O2/c1-11-9-24-16-14(17(20)21)6-7-22-18(16)25(19(24)23-11)10-12-4-5-13(26-2)8-15(12)27-3/h4-9H,10H2,1-3H3,(H3,20,21). The largest absolute Gasteiger partial charge is 0.497 e. The minimum atomic E-state index is -0.00479. The highest BCUT2D eigenvalue weighted by molar-refractivity contribution is 6.05. The van der Waals surface area contributed by atoms with Gasteiger partial charge in [0.2, 0.25) is 5.78 Å². The minimum absolute atomic E-state index is 0.00479. The lowest BCUT2D eigenvalue weighted by Gasteiger charge is -2.11. The number of methoxy groups -OCH3 is 2. The molecule has 0 aliphatic rings. The first-order chi connectivity index (χ1) is 13.0. The number of hydrogen-bond donors (Lipinski definition) is 2. The molecule has 3 heterocycles.